The number of likely N-dealkylation sites (tertiary alicyclic amines) is 1. The highest BCUT2D eigenvalue weighted by Gasteiger charge is 2.18. The van der Waals surface area contributed by atoms with Crippen molar-refractivity contribution in [2.45, 2.75) is 26.7 Å². The van der Waals surface area contributed by atoms with Crippen LogP contribution in [0.1, 0.15) is 26.7 Å². The number of hydrogen-bond acceptors (Lipinski definition) is 4. The average Bonchev–Trinajstić information content (AvgIpc) is 2.42. The molecule has 19 heavy (non-hydrogen) atoms. The van der Waals surface area contributed by atoms with E-state index >= 15 is 0 Å². The zero-order chi connectivity index (χ0) is 14.3. The van der Waals surface area contributed by atoms with Gasteiger partial charge in [0.15, 0.2) is 0 Å². The Morgan fingerprint density at radius 2 is 1.95 bits per heavy atom. The van der Waals surface area contributed by atoms with Crippen LogP contribution >= 0.6 is 0 Å². The van der Waals surface area contributed by atoms with Crippen LogP contribution in [-0.2, 0) is 14.3 Å². The molecule has 0 aromatic heterocycles. The summed E-state index contributed by atoms with van der Waals surface area (Å²) in [6.45, 7) is 6.91. The molecule has 108 valence electrons. The van der Waals surface area contributed by atoms with Crippen molar-refractivity contribution in [3.05, 3.63) is 11.6 Å². The molecule has 1 heterocycles. The molecule has 1 aliphatic rings. The standard InChI is InChI=1S/C14H24N2O3/c1-11(14(18)19-3)4-7-16-8-5-13(6-9-16)10-15-12(2)17/h4,13H,5-10H2,1-3H3,(H,15,17). The first-order chi connectivity index (χ1) is 9.02. The van der Waals surface area contributed by atoms with Gasteiger partial charge >= 0.3 is 5.97 Å². The minimum atomic E-state index is -0.263. The van der Waals surface area contributed by atoms with Gasteiger partial charge in [0.1, 0.15) is 0 Å². The van der Waals surface area contributed by atoms with Gasteiger partial charge in [0.2, 0.25) is 5.91 Å². The van der Waals surface area contributed by atoms with Gasteiger partial charge in [-0.1, -0.05) is 6.08 Å². The van der Waals surface area contributed by atoms with Gasteiger partial charge < -0.3 is 10.1 Å². The van der Waals surface area contributed by atoms with Gasteiger partial charge in [-0.15, -0.1) is 0 Å². The van der Waals surface area contributed by atoms with E-state index in [0.29, 0.717) is 11.5 Å². The largest absolute Gasteiger partial charge is 0.466 e. The number of nitrogens with one attached hydrogen (secondary N) is 1. The predicted octanol–water partition coefficient (Wildman–Crippen LogP) is 0.954. The molecule has 5 heteroatoms. The van der Waals surface area contributed by atoms with Crippen LogP contribution in [0.25, 0.3) is 0 Å². The zero-order valence-corrected chi connectivity index (χ0v) is 12.1. The minimum absolute atomic E-state index is 0.0408. The summed E-state index contributed by atoms with van der Waals surface area (Å²) >= 11 is 0. The molecule has 1 aliphatic heterocycles. The molecule has 5 nitrogen and oxygen atoms in total. The fourth-order valence-electron chi connectivity index (χ4n) is 2.17. The van der Waals surface area contributed by atoms with Crippen molar-refractivity contribution in [3.8, 4) is 0 Å². The van der Waals surface area contributed by atoms with E-state index in [2.05, 4.69) is 15.0 Å². The molecule has 1 N–H and O–H groups in total. The van der Waals surface area contributed by atoms with Crippen molar-refractivity contribution in [2.75, 3.05) is 33.3 Å². The lowest BCUT2D eigenvalue weighted by Gasteiger charge is -2.31. The van der Waals surface area contributed by atoms with E-state index in [4.69, 9.17) is 0 Å². The first-order valence-electron chi connectivity index (χ1n) is 6.74. The first kappa shape index (κ1) is 15.7. The van der Waals surface area contributed by atoms with E-state index in [0.717, 1.165) is 39.0 Å². The summed E-state index contributed by atoms with van der Waals surface area (Å²) < 4.78 is 4.66. The number of carbonyl (C=O) groups excluding carboxylic acids is 2. The second kappa shape index (κ2) is 7.94. The summed E-state index contributed by atoms with van der Waals surface area (Å²) in [5.74, 6) is 0.352. The van der Waals surface area contributed by atoms with Crippen molar-refractivity contribution < 1.29 is 14.3 Å². The van der Waals surface area contributed by atoms with E-state index in [1.165, 1.54) is 7.11 Å². The molecule has 1 rings (SSSR count). The molecule has 1 fully saturated rings. The third-order valence-electron chi connectivity index (χ3n) is 3.51. The van der Waals surface area contributed by atoms with Crippen LogP contribution in [0, 0.1) is 5.92 Å². The second-order valence-electron chi connectivity index (χ2n) is 5.06. The van der Waals surface area contributed by atoms with Gasteiger partial charge in [0.05, 0.1) is 7.11 Å². The van der Waals surface area contributed by atoms with Crippen LogP contribution < -0.4 is 5.32 Å². The Labute approximate surface area is 115 Å². The van der Waals surface area contributed by atoms with Gasteiger partial charge in [-0.2, -0.15) is 0 Å². The van der Waals surface area contributed by atoms with Crippen molar-refractivity contribution in [1.82, 2.24) is 10.2 Å². The maximum atomic E-state index is 11.2. The number of amides is 1. The summed E-state index contributed by atoms with van der Waals surface area (Å²) in [6.07, 6.45) is 4.09. The number of methoxy groups -OCH3 is 1. The Bertz CT molecular complexity index is 345. The van der Waals surface area contributed by atoms with Gasteiger partial charge in [-0.25, -0.2) is 4.79 Å². The maximum Gasteiger partial charge on any atom is 0.333 e. The Morgan fingerprint density at radius 1 is 1.32 bits per heavy atom. The molecule has 0 saturated carbocycles. The molecule has 1 amide bonds. The number of nitrogens with zero attached hydrogens (tertiary/aromatic N) is 1. The van der Waals surface area contributed by atoms with Gasteiger partial charge in [0.25, 0.3) is 0 Å². The summed E-state index contributed by atoms with van der Waals surface area (Å²) in [4.78, 5) is 24.4. The van der Waals surface area contributed by atoms with Crippen molar-refractivity contribution in [1.29, 1.82) is 0 Å². The molecule has 0 aliphatic carbocycles. The Kier molecular flexibility index (Phi) is 6.56. The highest BCUT2D eigenvalue weighted by atomic mass is 16.5. The molecule has 0 radical (unpaired) electrons. The van der Waals surface area contributed by atoms with Crippen LogP contribution in [-0.4, -0.2) is 50.1 Å². The van der Waals surface area contributed by atoms with E-state index in [-0.39, 0.29) is 11.9 Å². The molecule has 0 aromatic rings. The van der Waals surface area contributed by atoms with Crippen LogP contribution in [0.2, 0.25) is 0 Å². The number of rotatable bonds is 5. The number of carbonyl (C=O) groups is 2. The smallest absolute Gasteiger partial charge is 0.333 e. The quantitative estimate of drug-likeness (QED) is 0.596. The third-order valence-corrected chi connectivity index (χ3v) is 3.51. The molecule has 1 saturated heterocycles. The third kappa shape index (κ3) is 5.87. The van der Waals surface area contributed by atoms with Crippen LogP contribution in [0.15, 0.2) is 11.6 Å². The number of piperidine rings is 1. The monoisotopic (exact) mass is 268 g/mol. The second-order valence-corrected chi connectivity index (χ2v) is 5.06. The fraction of sp³-hybridized carbons (Fsp3) is 0.714. The molecule has 0 spiro atoms. The Morgan fingerprint density at radius 3 is 2.47 bits per heavy atom. The highest BCUT2D eigenvalue weighted by Crippen LogP contribution is 2.16. The number of esters is 1. The van der Waals surface area contributed by atoms with E-state index in [9.17, 15) is 9.59 Å². The summed E-state index contributed by atoms with van der Waals surface area (Å²) in [5, 5.41) is 2.87. The van der Waals surface area contributed by atoms with Gasteiger partial charge in [-0.05, 0) is 38.8 Å². The van der Waals surface area contributed by atoms with Crippen LogP contribution in [0.5, 0.6) is 0 Å². The van der Waals surface area contributed by atoms with Crippen molar-refractivity contribution in [2.24, 2.45) is 5.92 Å². The van der Waals surface area contributed by atoms with Gasteiger partial charge in [0, 0.05) is 25.6 Å². The van der Waals surface area contributed by atoms with E-state index < -0.39 is 0 Å². The van der Waals surface area contributed by atoms with E-state index in [1.54, 1.807) is 13.8 Å². The van der Waals surface area contributed by atoms with Crippen molar-refractivity contribution >= 4 is 11.9 Å². The molecule has 0 bridgehead atoms. The molecule has 0 unspecified atom stereocenters. The Hall–Kier alpha value is -1.36. The topological polar surface area (TPSA) is 58.6 Å². The molecule has 0 atom stereocenters. The molecular formula is C14H24N2O3. The number of ether oxygens (including phenoxy) is 1. The fourth-order valence-corrected chi connectivity index (χ4v) is 2.17. The van der Waals surface area contributed by atoms with Crippen LogP contribution in [0.4, 0.5) is 0 Å². The normalized spacial score (nSPS) is 18.2. The first-order valence-corrected chi connectivity index (χ1v) is 6.74. The predicted molar refractivity (Wildman–Crippen MR) is 73.6 cm³/mol. The van der Waals surface area contributed by atoms with Crippen LogP contribution in [0.3, 0.4) is 0 Å². The minimum Gasteiger partial charge on any atom is -0.466 e. The SMILES string of the molecule is COC(=O)C(C)=CCN1CCC(CNC(C)=O)CC1. The average molecular weight is 268 g/mol. The van der Waals surface area contributed by atoms with Gasteiger partial charge in [-0.3, -0.25) is 9.69 Å². The summed E-state index contributed by atoms with van der Waals surface area (Å²) in [7, 11) is 1.40. The lowest BCUT2D eigenvalue weighted by atomic mass is 9.97. The lowest BCUT2D eigenvalue weighted by molar-refractivity contribution is -0.136. The summed E-state index contributed by atoms with van der Waals surface area (Å²) in [5.41, 5.74) is 0.655. The Balaban J connectivity index is 2.26. The maximum absolute atomic E-state index is 11.2. The lowest BCUT2D eigenvalue weighted by Crippen LogP contribution is -2.38. The zero-order valence-electron chi connectivity index (χ0n) is 12.1. The molecule has 0 aromatic carbocycles. The van der Waals surface area contributed by atoms with E-state index in [1.807, 2.05) is 6.08 Å². The highest BCUT2D eigenvalue weighted by molar-refractivity contribution is 5.87. The molecular weight excluding hydrogens is 244 g/mol. The number of hydrogen-bond donors (Lipinski definition) is 1. The van der Waals surface area contributed by atoms with Crippen molar-refractivity contribution in [3.63, 3.8) is 0 Å². The summed E-state index contributed by atoms with van der Waals surface area (Å²) in [6, 6.07) is 0.